The van der Waals surface area contributed by atoms with Crippen LogP contribution >= 0.6 is 15.9 Å². The Labute approximate surface area is 126 Å². The van der Waals surface area contributed by atoms with Crippen molar-refractivity contribution in [3.8, 4) is 0 Å². The topological polar surface area (TPSA) is 50.9 Å². The van der Waals surface area contributed by atoms with Crippen LogP contribution in [0.3, 0.4) is 0 Å². The molecule has 20 heavy (non-hydrogen) atoms. The molecule has 0 spiro atoms. The minimum atomic E-state index is -0.253. The summed E-state index contributed by atoms with van der Waals surface area (Å²) in [7, 11) is 0. The largest absolute Gasteiger partial charge is 0.398 e. The van der Waals surface area contributed by atoms with Crippen LogP contribution < -0.4 is 11.1 Å². The average Bonchev–Trinajstić information content (AvgIpc) is 2.39. The first-order valence-electron chi connectivity index (χ1n) is 6.48. The fourth-order valence-electron chi connectivity index (χ4n) is 2.16. The summed E-state index contributed by atoms with van der Waals surface area (Å²) in [6.45, 7) is 2.81. The molecule has 0 bridgehead atoms. The predicted octanol–water partition coefficient (Wildman–Crippen LogP) is 3.46. The molecular weight excluding hydrogens is 321 g/mol. The molecule has 1 aromatic carbocycles. The van der Waals surface area contributed by atoms with Crippen molar-refractivity contribution in [3.05, 3.63) is 58.1 Å². The molecule has 3 N–H and O–H groups in total. The molecule has 0 aliphatic heterocycles. The zero-order valence-electron chi connectivity index (χ0n) is 11.2. The normalized spacial score (nSPS) is 12.3. The molecule has 106 valence electrons. The van der Waals surface area contributed by atoms with E-state index < -0.39 is 0 Å². The van der Waals surface area contributed by atoms with Gasteiger partial charge in [0.1, 0.15) is 5.82 Å². The molecule has 2 aromatic rings. The lowest BCUT2D eigenvalue weighted by atomic mass is 9.99. The number of hydrogen-bond acceptors (Lipinski definition) is 3. The Morgan fingerprint density at radius 3 is 2.85 bits per heavy atom. The third-order valence-electron chi connectivity index (χ3n) is 3.10. The van der Waals surface area contributed by atoms with E-state index in [1.54, 1.807) is 24.5 Å². The average molecular weight is 338 g/mol. The Morgan fingerprint density at radius 1 is 1.40 bits per heavy atom. The fourth-order valence-corrected chi connectivity index (χ4v) is 2.64. The Morgan fingerprint density at radius 2 is 2.20 bits per heavy atom. The van der Waals surface area contributed by atoms with Crippen molar-refractivity contribution in [2.75, 3.05) is 12.3 Å². The maximum absolute atomic E-state index is 13.6. The van der Waals surface area contributed by atoms with Gasteiger partial charge in [0.15, 0.2) is 0 Å². The summed E-state index contributed by atoms with van der Waals surface area (Å²) in [6, 6.07) is 6.69. The zero-order valence-corrected chi connectivity index (χ0v) is 12.8. The molecule has 1 unspecified atom stereocenters. The Bertz CT molecular complexity index is 569. The van der Waals surface area contributed by atoms with E-state index in [0.717, 1.165) is 22.1 Å². The van der Waals surface area contributed by atoms with Crippen LogP contribution in [-0.4, -0.2) is 11.5 Å². The summed E-state index contributed by atoms with van der Waals surface area (Å²) in [6.07, 6.45) is 4.09. The number of nitrogens with zero attached hydrogens (tertiary/aromatic N) is 1. The fraction of sp³-hybridized carbons (Fsp3) is 0.267. The number of pyridine rings is 1. The summed E-state index contributed by atoms with van der Waals surface area (Å²) >= 11 is 3.33. The maximum atomic E-state index is 13.6. The second-order valence-electron chi connectivity index (χ2n) is 4.59. The van der Waals surface area contributed by atoms with Gasteiger partial charge in [0.05, 0.1) is 0 Å². The molecule has 0 aliphatic carbocycles. The molecule has 0 amide bonds. The number of anilines is 1. The summed E-state index contributed by atoms with van der Waals surface area (Å²) in [5, 5.41) is 3.36. The molecule has 0 aliphatic rings. The van der Waals surface area contributed by atoms with Gasteiger partial charge in [-0.2, -0.15) is 0 Å². The van der Waals surface area contributed by atoms with Crippen molar-refractivity contribution < 1.29 is 4.39 Å². The second-order valence-corrected chi connectivity index (χ2v) is 5.51. The molecule has 0 fully saturated rings. The molecule has 0 saturated heterocycles. The van der Waals surface area contributed by atoms with Gasteiger partial charge < -0.3 is 11.1 Å². The number of nitrogens with two attached hydrogens (primary N) is 1. The molecule has 0 radical (unpaired) electrons. The van der Waals surface area contributed by atoms with E-state index in [-0.39, 0.29) is 11.9 Å². The van der Waals surface area contributed by atoms with Crippen LogP contribution in [0.2, 0.25) is 0 Å². The number of hydrogen-bond donors (Lipinski definition) is 2. The van der Waals surface area contributed by atoms with Gasteiger partial charge in [-0.15, -0.1) is 0 Å². The van der Waals surface area contributed by atoms with Gasteiger partial charge in [-0.3, -0.25) is 4.98 Å². The summed E-state index contributed by atoms with van der Waals surface area (Å²) in [4.78, 5) is 4.10. The highest BCUT2D eigenvalue weighted by molar-refractivity contribution is 9.10. The van der Waals surface area contributed by atoms with E-state index in [1.807, 2.05) is 13.0 Å². The van der Waals surface area contributed by atoms with E-state index in [2.05, 4.69) is 26.2 Å². The van der Waals surface area contributed by atoms with Crippen molar-refractivity contribution >= 4 is 21.6 Å². The first-order chi connectivity index (χ1) is 9.60. The summed E-state index contributed by atoms with van der Waals surface area (Å²) < 4.78 is 14.3. The van der Waals surface area contributed by atoms with E-state index in [1.165, 1.54) is 6.07 Å². The van der Waals surface area contributed by atoms with Gasteiger partial charge >= 0.3 is 0 Å². The van der Waals surface area contributed by atoms with Crippen LogP contribution in [0.5, 0.6) is 0 Å². The molecule has 1 heterocycles. The lowest BCUT2D eigenvalue weighted by molar-refractivity contribution is 0.542. The van der Waals surface area contributed by atoms with Gasteiger partial charge in [-0.25, -0.2) is 4.39 Å². The third kappa shape index (κ3) is 3.77. The Balaban J connectivity index is 2.29. The number of nitrogen functional groups attached to an aromatic ring is 1. The zero-order chi connectivity index (χ0) is 14.5. The standard InChI is InChI=1S/C15H17BrFN3/c1-2-20-15(7-11-9-19-4-3-14(11)18)10-5-12(16)8-13(17)6-10/h3-6,8-9,15,20H,2,7H2,1H3,(H2,18,19). The van der Waals surface area contributed by atoms with Crippen molar-refractivity contribution in [1.82, 2.24) is 10.3 Å². The lowest BCUT2D eigenvalue weighted by Crippen LogP contribution is -2.23. The molecule has 1 aromatic heterocycles. The van der Waals surface area contributed by atoms with Gasteiger partial charge in [-0.1, -0.05) is 22.9 Å². The monoisotopic (exact) mass is 337 g/mol. The number of nitrogens with one attached hydrogen (secondary N) is 1. The Kier molecular flexibility index (Phi) is 5.09. The molecule has 0 saturated carbocycles. The van der Waals surface area contributed by atoms with Crippen LogP contribution in [0.4, 0.5) is 10.1 Å². The van der Waals surface area contributed by atoms with Crippen molar-refractivity contribution in [1.29, 1.82) is 0 Å². The summed E-state index contributed by atoms with van der Waals surface area (Å²) in [5.41, 5.74) is 8.51. The highest BCUT2D eigenvalue weighted by atomic mass is 79.9. The maximum Gasteiger partial charge on any atom is 0.124 e. The number of benzene rings is 1. The first-order valence-corrected chi connectivity index (χ1v) is 7.27. The number of rotatable bonds is 5. The third-order valence-corrected chi connectivity index (χ3v) is 3.56. The van der Waals surface area contributed by atoms with Gasteiger partial charge in [0, 0.05) is 28.6 Å². The lowest BCUT2D eigenvalue weighted by Gasteiger charge is -2.19. The van der Waals surface area contributed by atoms with E-state index in [0.29, 0.717) is 12.1 Å². The highest BCUT2D eigenvalue weighted by Crippen LogP contribution is 2.25. The molecular formula is C15H17BrFN3. The SMILES string of the molecule is CCNC(Cc1cnccc1N)c1cc(F)cc(Br)c1. The molecule has 3 nitrogen and oxygen atoms in total. The quantitative estimate of drug-likeness (QED) is 0.878. The summed E-state index contributed by atoms with van der Waals surface area (Å²) in [5.74, 6) is -0.253. The number of aromatic nitrogens is 1. The van der Waals surface area contributed by atoms with E-state index in [4.69, 9.17) is 5.73 Å². The molecule has 5 heteroatoms. The number of likely N-dealkylation sites (N-methyl/N-ethyl adjacent to an activating group) is 1. The van der Waals surface area contributed by atoms with Crippen LogP contribution in [-0.2, 0) is 6.42 Å². The van der Waals surface area contributed by atoms with E-state index in [9.17, 15) is 4.39 Å². The van der Waals surface area contributed by atoms with Gasteiger partial charge in [-0.05, 0) is 48.4 Å². The molecule has 1 atom stereocenters. The van der Waals surface area contributed by atoms with Crippen molar-refractivity contribution in [2.24, 2.45) is 0 Å². The van der Waals surface area contributed by atoms with Crippen LogP contribution in [0.25, 0.3) is 0 Å². The Hall–Kier alpha value is -1.46. The number of halogens is 2. The second kappa shape index (κ2) is 6.81. The minimum absolute atomic E-state index is 0.00139. The van der Waals surface area contributed by atoms with Gasteiger partial charge in [0.25, 0.3) is 0 Å². The highest BCUT2D eigenvalue weighted by Gasteiger charge is 2.14. The minimum Gasteiger partial charge on any atom is -0.398 e. The van der Waals surface area contributed by atoms with Gasteiger partial charge in [0.2, 0.25) is 0 Å². The van der Waals surface area contributed by atoms with E-state index >= 15 is 0 Å². The van der Waals surface area contributed by atoms with Crippen LogP contribution in [0.1, 0.15) is 24.1 Å². The smallest absolute Gasteiger partial charge is 0.124 e. The first kappa shape index (κ1) is 14.9. The van der Waals surface area contributed by atoms with Crippen LogP contribution in [0, 0.1) is 5.82 Å². The molecule has 2 rings (SSSR count). The van der Waals surface area contributed by atoms with Crippen molar-refractivity contribution in [3.63, 3.8) is 0 Å². The van der Waals surface area contributed by atoms with Crippen molar-refractivity contribution in [2.45, 2.75) is 19.4 Å². The van der Waals surface area contributed by atoms with Crippen LogP contribution in [0.15, 0.2) is 41.1 Å². The predicted molar refractivity (Wildman–Crippen MR) is 82.9 cm³/mol.